The molecule has 0 radical (unpaired) electrons. The largest absolute Gasteiger partial charge is 0.478 e. The Morgan fingerprint density at radius 3 is 2.61 bits per heavy atom. The number of hydroxylamine groups is 1. The normalized spacial score (nSPS) is 25.8. The van der Waals surface area contributed by atoms with Crippen LogP contribution in [-0.2, 0) is 0 Å². The summed E-state index contributed by atoms with van der Waals surface area (Å²) in [5.41, 5.74) is 13.7. The van der Waals surface area contributed by atoms with Crippen LogP contribution in [0.1, 0.15) is 36.7 Å². The maximum atomic E-state index is 13.3. The first kappa shape index (κ1) is 21.9. The number of carbonyl (C=O) groups is 1. The SMILES string of the molecule is CCOc1nc(C(=O)N2CC3CN(N(O)[C@@H]4CCC(N)=C(N)C4)CC3C2)cc2ccccc12. The molecule has 1 aromatic carbocycles. The van der Waals surface area contributed by atoms with Crippen LogP contribution in [0.25, 0.3) is 10.8 Å². The summed E-state index contributed by atoms with van der Waals surface area (Å²) in [6.07, 6.45) is 2.07. The molecule has 9 nitrogen and oxygen atoms in total. The van der Waals surface area contributed by atoms with Gasteiger partial charge in [0.1, 0.15) is 5.69 Å². The molecule has 3 aliphatic rings. The number of rotatable bonds is 5. The summed E-state index contributed by atoms with van der Waals surface area (Å²) in [6, 6.07) is 9.63. The van der Waals surface area contributed by atoms with Crippen LogP contribution in [0.5, 0.6) is 5.88 Å². The fourth-order valence-corrected chi connectivity index (χ4v) is 5.38. The molecule has 0 spiro atoms. The van der Waals surface area contributed by atoms with E-state index in [-0.39, 0.29) is 11.9 Å². The number of hydrazine groups is 1. The summed E-state index contributed by atoms with van der Waals surface area (Å²) in [5.74, 6) is 1.07. The van der Waals surface area contributed by atoms with E-state index in [0.29, 0.717) is 61.6 Å². The summed E-state index contributed by atoms with van der Waals surface area (Å²) in [7, 11) is 0. The number of pyridine rings is 1. The molecule has 1 aromatic heterocycles. The highest BCUT2D eigenvalue weighted by atomic mass is 16.6. The topological polar surface area (TPSA) is 121 Å². The van der Waals surface area contributed by atoms with E-state index in [1.807, 2.05) is 47.2 Å². The molecule has 2 unspecified atom stereocenters. The molecule has 176 valence electrons. The van der Waals surface area contributed by atoms with E-state index in [9.17, 15) is 10.0 Å². The molecule has 3 atom stereocenters. The Morgan fingerprint density at radius 2 is 1.91 bits per heavy atom. The van der Waals surface area contributed by atoms with Crippen LogP contribution in [0.4, 0.5) is 0 Å². The molecule has 2 saturated heterocycles. The predicted molar refractivity (Wildman–Crippen MR) is 124 cm³/mol. The minimum absolute atomic E-state index is 0.0485. The number of benzene rings is 1. The van der Waals surface area contributed by atoms with Crippen molar-refractivity contribution in [3.8, 4) is 5.88 Å². The van der Waals surface area contributed by atoms with E-state index in [2.05, 4.69) is 4.98 Å². The molecular formula is C24H32N6O3. The zero-order chi connectivity index (χ0) is 23.1. The van der Waals surface area contributed by atoms with E-state index in [4.69, 9.17) is 16.2 Å². The van der Waals surface area contributed by atoms with Crippen molar-refractivity contribution in [3.63, 3.8) is 0 Å². The van der Waals surface area contributed by atoms with Crippen LogP contribution < -0.4 is 16.2 Å². The van der Waals surface area contributed by atoms with E-state index in [1.54, 1.807) is 0 Å². The number of carbonyl (C=O) groups excluding carboxylic acids is 1. The first-order chi connectivity index (χ1) is 15.9. The second kappa shape index (κ2) is 8.81. The highest BCUT2D eigenvalue weighted by molar-refractivity contribution is 5.98. The summed E-state index contributed by atoms with van der Waals surface area (Å²) in [5, 5.41) is 16.0. The zero-order valence-corrected chi connectivity index (χ0v) is 19.0. The minimum Gasteiger partial charge on any atom is -0.478 e. The van der Waals surface area contributed by atoms with Gasteiger partial charge in [0.2, 0.25) is 5.88 Å². The van der Waals surface area contributed by atoms with Gasteiger partial charge in [-0.3, -0.25) is 10.0 Å². The van der Waals surface area contributed by atoms with Crippen molar-refractivity contribution in [3.05, 3.63) is 47.4 Å². The van der Waals surface area contributed by atoms with Gasteiger partial charge in [0.05, 0.1) is 12.6 Å². The van der Waals surface area contributed by atoms with Crippen molar-refractivity contribution in [1.82, 2.24) is 20.1 Å². The Balaban J connectivity index is 1.25. The lowest BCUT2D eigenvalue weighted by Gasteiger charge is -2.36. The highest BCUT2D eigenvalue weighted by Gasteiger charge is 2.44. The third-order valence-electron chi connectivity index (χ3n) is 7.19. The van der Waals surface area contributed by atoms with Crippen molar-refractivity contribution in [2.24, 2.45) is 23.3 Å². The van der Waals surface area contributed by atoms with E-state index >= 15 is 0 Å². The maximum absolute atomic E-state index is 13.3. The Labute approximate surface area is 193 Å². The smallest absolute Gasteiger partial charge is 0.272 e. The van der Waals surface area contributed by atoms with E-state index < -0.39 is 0 Å². The summed E-state index contributed by atoms with van der Waals surface area (Å²) in [4.78, 5) is 19.8. The first-order valence-electron chi connectivity index (χ1n) is 11.7. The lowest BCUT2D eigenvalue weighted by Crippen LogP contribution is -2.48. The standard InChI is InChI=1S/C24H32N6O3/c1-2-33-23-19-6-4-3-5-15(19)9-22(27-23)24(31)28-11-16-13-29(14-17(16)12-28)30(32)18-7-8-20(25)21(26)10-18/h3-6,9,16-18,32H,2,7-8,10-14,25-26H2,1H3/t16?,17?,18-/m1/s1. The number of hydrogen-bond donors (Lipinski definition) is 3. The molecule has 5 rings (SSSR count). The van der Waals surface area contributed by atoms with Gasteiger partial charge in [0, 0.05) is 49.4 Å². The monoisotopic (exact) mass is 452 g/mol. The molecule has 9 heteroatoms. The van der Waals surface area contributed by atoms with Crippen molar-refractivity contribution in [2.45, 2.75) is 32.2 Å². The van der Waals surface area contributed by atoms with Gasteiger partial charge >= 0.3 is 0 Å². The van der Waals surface area contributed by atoms with Gasteiger partial charge in [-0.25, -0.2) is 9.99 Å². The van der Waals surface area contributed by atoms with Crippen LogP contribution in [0.2, 0.25) is 0 Å². The summed E-state index contributed by atoms with van der Waals surface area (Å²) >= 11 is 0. The van der Waals surface area contributed by atoms with Crippen LogP contribution >= 0.6 is 0 Å². The highest BCUT2D eigenvalue weighted by Crippen LogP contribution is 2.35. The fraction of sp³-hybridized carbons (Fsp3) is 0.500. The van der Waals surface area contributed by atoms with E-state index in [1.165, 1.54) is 5.17 Å². The van der Waals surface area contributed by atoms with Crippen molar-refractivity contribution >= 4 is 16.7 Å². The van der Waals surface area contributed by atoms with Crippen molar-refractivity contribution in [2.75, 3.05) is 32.8 Å². The molecule has 3 heterocycles. The number of hydrogen-bond acceptors (Lipinski definition) is 8. The Morgan fingerprint density at radius 1 is 1.18 bits per heavy atom. The maximum Gasteiger partial charge on any atom is 0.272 e. The van der Waals surface area contributed by atoms with Gasteiger partial charge < -0.3 is 21.1 Å². The van der Waals surface area contributed by atoms with E-state index in [0.717, 1.165) is 36.0 Å². The predicted octanol–water partition coefficient (Wildman–Crippen LogP) is 1.93. The van der Waals surface area contributed by atoms with Crippen molar-refractivity contribution in [1.29, 1.82) is 0 Å². The summed E-state index contributed by atoms with van der Waals surface area (Å²) in [6.45, 7) is 5.16. The number of aromatic nitrogens is 1. The average molecular weight is 453 g/mol. The quantitative estimate of drug-likeness (QED) is 0.589. The van der Waals surface area contributed by atoms with Gasteiger partial charge in [0.25, 0.3) is 5.91 Å². The number of ether oxygens (including phenoxy) is 1. The Hall–Kier alpha value is -2.88. The van der Waals surface area contributed by atoms with Crippen LogP contribution in [0.3, 0.4) is 0 Å². The van der Waals surface area contributed by atoms with Gasteiger partial charge in [-0.05, 0) is 49.1 Å². The van der Waals surface area contributed by atoms with Gasteiger partial charge in [0.15, 0.2) is 0 Å². The molecule has 33 heavy (non-hydrogen) atoms. The van der Waals surface area contributed by atoms with Crippen LogP contribution in [0, 0.1) is 11.8 Å². The lowest BCUT2D eigenvalue weighted by molar-refractivity contribution is -0.268. The van der Waals surface area contributed by atoms with Gasteiger partial charge in [-0.2, -0.15) is 0 Å². The van der Waals surface area contributed by atoms with Crippen LogP contribution in [-0.4, -0.2) is 70.0 Å². The second-order valence-corrected chi connectivity index (χ2v) is 9.34. The Kier molecular flexibility index (Phi) is 5.86. The van der Waals surface area contributed by atoms with Gasteiger partial charge in [-0.15, -0.1) is 5.17 Å². The summed E-state index contributed by atoms with van der Waals surface area (Å²) < 4.78 is 5.72. The molecule has 1 amide bonds. The third-order valence-corrected chi connectivity index (χ3v) is 7.19. The molecule has 2 aromatic rings. The number of fused-ring (bicyclic) bond motifs is 2. The molecular weight excluding hydrogens is 420 g/mol. The molecule has 0 bridgehead atoms. The lowest BCUT2D eigenvalue weighted by atomic mass is 9.97. The van der Waals surface area contributed by atoms with Gasteiger partial charge in [-0.1, -0.05) is 18.2 Å². The zero-order valence-electron chi connectivity index (χ0n) is 19.0. The molecule has 2 fully saturated rings. The Bertz CT molecular complexity index is 1080. The average Bonchev–Trinajstić information content (AvgIpc) is 3.39. The third kappa shape index (κ3) is 4.12. The molecule has 5 N–H and O–H groups in total. The first-order valence-corrected chi connectivity index (χ1v) is 11.7. The molecule has 1 aliphatic carbocycles. The number of nitrogens with two attached hydrogens (primary N) is 2. The van der Waals surface area contributed by atoms with Crippen molar-refractivity contribution < 1.29 is 14.7 Å². The fourth-order valence-electron chi connectivity index (χ4n) is 5.38. The molecule has 2 aliphatic heterocycles. The number of allylic oxidation sites excluding steroid dienone is 1. The molecule has 0 saturated carbocycles. The second-order valence-electron chi connectivity index (χ2n) is 9.34. The van der Waals surface area contributed by atoms with Crippen LogP contribution in [0.15, 0.2) is 41.7 Å². The number of nitrogens with zero attached hydrogens (tertiary/aromatic N) is 4. The minimum atomic E-state index is -0.0656. The number of likely N-dealkylation sites (tertiary alicyclic amines) is 1. The number of amides is 1.